The van der Waals surface area contributed by atoms with E-state index in [0.717, 1.165) is 14.2 Å². The number of hydrogen-bond donors (Lipinski definition) is 1. The van der Waals surface area contributed by atoms with Crippen LogP contribution in [0.5, 0.6) is 0 Å². The molecule has 2 aromatic rings. The quantitative estimate of drug-likeness (QED) is 0.783. The first-order valence-corrected chi connectivity index (χ1v) is 5.58. The molecule has 0 aliphatic rings. The predicted molar refractivity (Wildman–Crippen MR) is 61.8 cm³/mol. The molecule has 0 amide bonds. The molecule has 4 heteroatoms. The molecule has 0 spiro atoms. The van der Waals surface area contributed by atoms with Crippen molar-refractivity contribution in [2.45, 2.75) is 0 Å². The fourth-order valence-electron chi connectivity index (χ4n) is 1.20. The third-order valence-corrected chi connectivity index (χ3v) is 3.51. The summed E-state index contributed by atoms with van der Waals surface area (Å²) in [6.07, 6.45) is 0. The summed E-state index contributed by atoms with van der Waals surface area (Å²) < 4.78 is 14.0. The van der Waals surface area contributed by atoms with Crippen LogP contribution in [0.2, 0.25) is 0 Å². The van der Waals surface area contributed by atoms with Gasteiger partial charge in [0.2, 0.25) is 0 Å². The van der Waals surface area contributed by atoms with Crippen LogP contribution in [0.25, 0.3) is 10.4 Å². The van der Waals surface area contributed by atoms with Gasteiger partial charge in [0.15, 0.2) is 0 Å². The van der Waals surface area contributed by atoms with E-state index in [2.05, 4.69) is 15.9 Å². The van der Waals surface area contributed by atoms with Gasteiger partial charge in [-0.2, -0.15) is 0 Å². The Hall–Kier alpha value is -0.870. The van der Waals surface area contributed by atoms with Crippen LogP contribution in [0.4, 0.5) is 10.1 Å². The maximum atomic E-state index is 13.0. The second-order valence-corrected chi connectivity index (χ2v) is 5.30. The zero-order valence-electron chi connectivity index (χ0n) is 7.13. The molecule has 0 bridgehead atoms. The molecule has 1 nitrogen and oxygen atoms in total. The average molecular weight is 272 g/mol. The van der Waals surface area contributed by atoms with Gasteiger partial charge in [0.1, 0.15) is 5.82 Å². The SMILES string of the molecule is Nc1ccc(F)cc1-c1ccc(Br)s1. The topological polar surface area (TPSA) is 26.0 Å². The highest BCUT2D eigenvalue weighted by Gasteiger charge is 2.06. The molecule has 72 valence electrons. The molecule has 0 aliphatic carbocycles. The summed E-state index contributed by atoms with van der Waals surface area (Å²) in [6.45, 7) is 0. The number of anilines is 1. The summed E-state index contributed by atoms with van der Waals surface area (Å²) in [5.41, 5.74) is 7.10. The Morgan fingerprint density at radius 1 is 1.21 bits per heavy atom. The average Bonchev–Trinajstić information content (AvgIpc) is 2.56. The van der Waals surface area contributed by atoms with E-state index >= 15 is 0 Å². The molecule has 1 aromatic heterocycles. The van der Waals surface area contributed by atoms with Crippen molar-refractivity contribution in [2.24, 2.45) is 0 Å². The van der Waals surface area contributed by atoms with Gasteiger partial charge in [-0.1, -0.05) is 0 Å². The molecular formula is C10H7BrFNS. The highest BCUT2D eigenvalue weighted by atomic mass is 79.9. The molecular weight excluding hydrogens is 265 g/mol. The van der Waals surface area contributed by atoms with Crippen LogP contribution in [-0.4, -0.2) is 0 Å². The Balaban J connectivity index is 2.55. The van der Waals surface area contributed by atoms with Crippen molar-refractivity contribution >= 4 is 33.0 Å². The van der Waals surface area contributed by atoms with Crippen molar-refractivity contribution in [1.82, 2.24) is 0 Å². The van der Waals surface area contributed by atoms with Crippen LogP contribution in [0.15, 0.2) is 34.1 Å². The van der Waals surface area contributed by atoms with E-state index in [1.54, 1.807) is 6.07 Å². The van der Waals surface area contributed by atoms with Crippen LogP contribution in [0, 0.1) is 5.82 Å². The fraction of sp³-hybridized carbons (Fsp3) is 0. The maximum Gasteiger partial charge on any atom is 0.124 e. The van der Waals surface area contributed by atoms with Crippen molar-refractivity contribution in [1.29, 1.82) is 0 Å². The summed E-state index contributed by atoms with van der Waals surface area (Å²) >= 11 is 4.89. The number of rotatable bonds is 1. The molecule has 0 saturated heterocycles. The van der Waals surface area contributed by atoms with Crippen LogP contribution < -0.4 is 5.73 Å². The Morgan fingerprint density at radius 3 is 2.64 bits per heavy atom. The summed E-state index contributed by atoms with van der Waals surface area (Å²) in [5, 5.41) is 0. The summed E-state index contributed by atoms with van der Waals surface area (Å²) in [4.78, 5) is 0.967. The van der Waals surface area contributed by atoms with Crippen LogP contribution >= 0.6 is 27.3 Å². The maximum absolute atomic E-state index is 13.0. The predicted octanol–water partition coefficient (Wildman–Crippen LogP) is 3.90. The number of thiophene rings is 1. The minimum atomic E-state index is -0.265. The van der Waals surface area contributed by atoms with Gasteiger partial charge in [-0.15, -0.1) is 11.3 Å². The molecule has 0 radical (unpaired) electrons. The standard InChI is InChI=1S/C10H7BrFNS/c11-10-4-3-9(14-10)7-5-6(12)1-2-8(7)13/h1-5H,13H2. The lowest BCUT2D eigenvalue weighted by Crippen LogP contribution is -1.89. The van der Waals surface area contributed by atoms with E-state index in [1.165, 1.54) is 23.5 Å². The molecule has 0 fully saturated rings. The van der Waals surface area contributed by atoms with E-state index in [0.29, 0.717) is 5.69 Å². The molecule has 1 aromatic carbocycles. The first-order valence-electron chi connectivity index (χ1n) is 3.97. The number of nitrogen functional groups attached to an aromatic ring is 1. The first-order chi connectivity index (χ1) is 6.66. The van der Waals surface area contributed by atoms with Gasteiger partial charge >= 0.3 is 0 Å². The minimum absolute atomic E-state index is 0.265. The largest absolute Gasteiger partial charge is 0.398 e. The van der Waals surface area contributed by atoms with E-state index < -0.39 is 0 Å². The van der Waals surface area contributed by atoms with E-state index in [1.807, 2.05) is 12.1 Å². The van der Waals surface area contributed by atoms with Crippen molar-refractivity contribution in [3.8, 4) is 10.4 Å². The minimum Gasteiger partial charge on any atom is -0.398 e. The molecule has 2 rings (SSSR count). The van der Waals surface area contributed by atoms with Gasteiger partial charge in [-0.05, 0) is 46.3 Å². The van der Waals surface area contributed by atoms with Gasteiger partial charge in [0.25, 0.3) is 0 Å². The van der Waals surface area contributed by atoms with Gasteiger partial charge in [0, 0.05) is 16.1 Å². The Labute approximate surface area is 93.5 Å². The second-order valence-electron chi connectivity index (χ2n) is 2.84. The molecule has 0 aliphatic heterocycles. The van der Waals surface area contributed by atoms with E-state index in [-0.39, 0.29) is 5.82 Å². The molecule has 2 N–H and O–H groups in total. The normalized spacial score (nSPS) is 10.4. The van der Waals surface area contributed by atoms with E-state index in [4.69, 9.17) is 5.73 Å². The zero-order chi connectivity index (χ0) is 10.1. The van der Waals surface area contributed by atoms with Crippen molar-refractivity contribution in [2.75, 3.05) is 5.73 Å². The van der Waals surface area contributed by atoms with Crippen molar-refractivity contribution < 1.29 is 4.39 Å². The first kappa shape index (κ1) is 9.68. The lowest BCUT2D eigenvalue weighted by molar-refractivity contribution is 0.628. The lowest BCUT2D eigenvalue weighted by atomic mass is 10.1. The smallest absolute Gasteiger partial charge is 0.124 e. The van der Waals surface area contributed by atoms with E-state index in [9.17, 15) is 4.39 Å². The van der Waals surface area contributed by atoms with Crippen molar-refractivity contribution in [3.63, 3.8) is 0 Å². The molecule has 14 heavy (non-hydrogen) atoms. The number of nitrogens with two attached hydrogens (primary N) is 1. The second kappa shape index (κ2) is 3.71. The summed E-state index contributed by atoms with van der Waals surface area (Å²) in [6, 6.07) is 8.23. The third kappa shape index (κ3) is 1.81. The van der Waals surface area contributed by atoms with Crippen molar-refractivity contribution in [3.05, 3.63) is 39.9 Å². The highest BCUT2D eigenvalue weighted by molar-refractivity contribution is 9.11. The summed E-state index contributed by atoms with van der Waals surface area (Å²) in [7, 11) is 0. The van der Waals surface area contributed by atoms with Gasteiger partial charge in [-0.3, -0.25) is 0 Å². The third-order valence-electron chi connectivity index (χ3n) is 1.85. The Bertz CT molecular complexity index is 467. The number of hydrogen-bond acceptors (Lipinski definition) is 2. The van der Waals surface area contributed by atoms with Gasteiger partial charge in [-0.25, -0.2) is 4.39 Å². The molecule has 0 atom stereocenters. The molecule has 0 saturated carbocycles. The summed E-state index contributed by atoms with van der Waals surface area (Å²) in [5.74, 6) is -0.265. The lowest BCUT2D eigenvalue weighted by Gasteiger charge is -2.02. The van der Waals surface area contributed by atoms with Crippen LogP contribution in [0.1, 0.15) is 0 Å². The Morgan fingerprint density at radius 2 is 2.00 bits per heavy atom. The zero-order valence-corrected chi connectivity index (χ0v) is 9.53. The monoisotopic (exact) mass is 271 g/mol. The Kier molecular flexibility index (Phi) is 2.56. The number of benzene rings is 1. The fourth-order valence-corrected chi connectivity index (χ4v) is 2.63. The molecule has 1 heterocycles. The van der Waals surface area contributed by atoms with Gasteiger partial charge < -0.3 is 5.73 Å². The highest BCUT2D eigenvalue weighted by Crippen LogP contribution is 2.34. The van der Waals surface area contributed by atoms with Crippen LogP contribution in [-0.2, 0) is 0 Å². The number of halogens is 2. The van der Waals surface area contributed by atoms with Crippen LogP contribution in [0.3, 0.4) is 0 Å². The van der Waals surface area contributed by atoms with Gasteiger partial charge in [0.05, 0.1) is 3.79 Å². The molecule has 0 unspecified atom stereocenters.